The van der Waals surface area contributed by atoms with Crippen LogP contribution in [-0.2, 0) is 6.54 Å². The van der Waals surface area contributed by atoms with Gasteiger partial charge in [0.25, 0.3) is 0 Å². The molecule has 0 fully saturated rings. The molecule has 3 rings (SSSR count). The van der Waals surface area contributed by atoms with E-state index in [2.05, 4.69) is 71.8 Å². The van der Waals surface area contributed by atoms with Crippen LogP contribution >= 0.6 is 0 Å². The SMILES string of the molecule is Cc1cc(C)cc(-c2ccc(CNC(C)c3ncon3)cc2)c1. The van der Waals surface area contributed by atoms with E-state index in [-0.39, 0.29) is 6.04 Å². The molecule has 4 nitrogen and oxygen atoms in total. The highest BCUT2D eigenvalue weighted by Crippen LogP contribution is 2.22. The molecular weight excluding hydrogens is 286 g/mol. The number of hydrogen-bond donors (Lipinski definition) is 1. The highest BCUT2D eigenvalue weighted by Gasteiger charge is 2.09. The summed E-state index contributed by atoms with van der Waals surface area (Å²) in [5.74, 6) is 0.678. The van der Waals surface area contributed by atoms with E-state index in [0.29, 0.717) is 5.82 Å². The Labute approximate surface area is 136 Å². The molecule has 1 aromatic heterocycles. The molecule has 1 unspecified atom stereocenters. The Kier molecular flexibility index (Phi) is 4.53. The molecule has 0 aliphatic carbocycles. The topological polar surface area (TPSA) is 51.0 Å². The van der Waals surface area contributed by atoms with Crippen LogP contribution in [0.1, 0.15) is 35.5 Å². The molecule has 4 heteroatoms. The van der Waals surface area contributed by atoms with Crippen molar-refractivity contribution >= 4 is 0 Å². The molecule has 2 aromatic carbocycles. The molecule has 0 amide bonds. The Morgan fingerprint density at radius 2 is 1.70 bits per heavy atom. The molecule has 0 bridgehead atoms. The fourth-order valence-electron chi connectivity index (χ4n) is 2.69. The Bertz CT molecular complexity index is 744. The van der Waals surface area contributed by atoms with Crippen molar-refractivity contribution in [2.24, 2.45) is 0 Å². The lowest BCUT2D eigenvalue weighted by Gasteiger charge is -2.11. The molecule has 3 aromatic rings. The molecule has 23 heavy (non-hydrogen) atoms. The predicted octanol–water partition coefficient (Wildman–Crippen LogP) is 4.20. The molecule has 0 radical (unpaired) electrons. The first kappa shape index (κ1) is 15.4. The Morgan fingerprint density at radius 3 is 2.30 bits per heavy atom. The first-order valence-electron chi connectivity index (χ1n) is 7.79. The van der Waals surface area contributed by atoms with Crippen molar-refractivity contribution in [3.8, 4) is 11.1 Å². The summed E-state index contributed by atoms with van der Waals surface area (Å²) in [4.78, 5) is 4.06. The Hall–Kier alpha value is -2.46. The minimum Gasteiger partial charge on any atom is -0.343 e. The lowest BCUT2D eigenvalue weighted by atomic mass is 10.00. The van der Waals surface area contributed by atoms with Crippen molar-refractivity contribution in [3.05, 3.63) is 71.4 Å². The van der Waals surface area contributed by atoms with Crippen molar-refractivity contribution in [2.45, 2.75) is 33.4 Å². The van der Waals surface area contributed by atoms with Crippen LogP contribution in [0.5, 0.6) is 0 Å². The summed E-state index contributed by atoms with van der Waals surface area (Å²) in [6, 6.07) is 15.4. The summed E-state index contributed by atoms with van der Waals surface area (Å²) < 4.78 is 4.77. The minimum atomic E-state index is 0.0628. The second-order valence-corrected chi connectivity index (χ2v) is 5.97. The van der Waals surface area contributed by atoms with Gasteiger partial charge in [0, 0.05) is 6.54 Å². The van der Waals surface area contributed by atoms with Crippen LogP contribution in [0.25, 0.3) is 11.1 Å². The maximum atomic E-state index is 4.77. The summed E-state index contributed by atoms with van der Waals surface area (Å²) >= 11 is 0. The molecule has 0 spiro atoms. The van der Waals surface area contributed by atoms with Gasteiger partial charge in [0.1, 0.15) is 0 Å². The van der Waals surface area contributed by atoms with E-state index in [1.165, 1.54) is 34.2 Å². The highest BCUT2D eigenvalue weighted by molar-refractivity contribution is 5.65. The summed E-state index contributed by atoms with van der Waals surface area (Å²) in [6.07, 6.45) is 1.35. The van der Waals surface area contributed by atoms with Crippen molar-refractivity contribution in [2.75, 3.05) is 0 Å². The fraction of sp³-hybridized carbons (Fsp3) is 0.263. The second kappa shape index (κ2) is 6.75. The first-order valence-corrected chi connectivity index (χ1v) is 7.79. The lowest BCUT2D eigenvalue weighted by molar-refractivity contribution is 0.398. The van der Waals surface area contributed by atoms with Crippen LogP contribution < -0.4 is 5.32 Å². The van der Waals surface area contributed by atoms with Gasteiger partial charge >= 0.3 is 0 Å². The van der Waals surface area contributed by atoms with Crippen molar-refractivity contribution in [3.63, 3.8) is 0 Å². The van der Waals surface area contributed by atoms with E-state index >= 15 is 0 Å². The van der Waals surface area contributed by atoms with Gasteiger partial charge in [-0.3, -0.25) is 0 Å². The number of nitrogens with zero attached hydrogens (tertiary/aromatic N) is 2. The van der Waals surface area contributed by atoms with Gasteiger partial charge in [-0.25, -0.2) is 0 Å². The number of benzene rings is 2. The van der Waals surface area contributed by atoms with Crippen LogP contribution in [0.2, 0.25) is 0 Å². The molecule has 1 N–H and O–H groups in total. The average Bonchev–Trinajstić information content (AvgIpc) is 3.07. The third kappa shape index (κ3) is 3.85. The summed E-state index contributed by atoms with van der Waals surface area (Å²) in [5.41, 5.74) is 6.32. The van der Waals surface area contributed by atoms with Crippen LogP contribution in [-0.4, -0.2) is 10.1 Å². The number of aromatic nitrogens is 2. The van der Waals surface area contributed by atoms with E-state index in [9.17, 15) is 0 Å². The predicted molar refractivity (Wildman–Crippen MR) is 90.9 cm³/mol. The largest absolute Gasteiger partial charge is 0.343 e. The first-order chi connectivity index (χ1) is 11.1. The van der Waals surface area contributed by atoms with Crippen LogP contribution in [0, 0.1) is 13.8 Å². The normalized spacial score (nSPS) is 12.3. The van der Waals surface area contributed by atoms with Crippen LogP contribution in [0.3, 0.4) is 0 Å². The van der Waals surface area contributed by atoms with Crippen LogP contribution in [0.4, 0.5) is 0 Å². The smallest absolute Gasteiger partial charge is 0.213 e. The molecule has 0 aliphatic rings. The third-order valence-corrected chi connectivity index (χ3v) is 3.89. The van der Waals surface area contributed by atoms with Crippen molar-refractivity contribution in [1.29, 1.82) is 0 Å². The van der Waals surface area contributed by atoms with E-state index in [0.717, 1.165) is 6.54 Å². The number of aryl methyl sites for hydroxylation is 2. The highest BCUT2D eigenvalue weighted by atomic mass is 16.5. The lowest BCUT2D eigenvalue weighted by Crippen LogP contribution is -2.19. The summed E-state index contributed by atoms with van der Waals surface area (Å²) in [6.45, 7) is 7.06. The Balaban J connectivity index is 1.67. The summed E-state index contributed by atoms with van der Waals surface area (Å²) in [5, 5.41) is 7.24. The van der Waals surface area contributed by atoms with Crippen LogP contribution in [0.15, 0.2) is 53.4 Å². The van der Waals surface area contributed by atoms with E-state index in [1.807, 2.05) is 6.92 Å². The zero-order valence-corrected chi connectivity index (χ0v) is 13.7. The standard InChI is InChI=1S/C19H21N3O/c1-13-8-14(2)10-18(9-13)17-6-4-16(5-7-17)11-20-15(3)19-21-12-23-22-19/h4-10,12,15,20H,11H2,1-3H3. The molecule has 1 atom stereocenters. The van der Waals surface area contributed by atoms with E-state index < -0.39 is 0 Å². The quantitative estimate of drug-likeness (QED) is 0.767. The molecule has 1 heterocycles. The molecule has 0 saturated carbocycles. The zero-order valence-electron chi connectivity index (χ0n) is 13.7. The fourth-order valence-corrected chi connectivity index (χ4v) is 2.69. The van der Waals surface area contributed by atoms with Gasteiger partial charge in [-0.2, -0.15) is 4.98 Å². The summed E-state index contributed by atoms with van der Waals surface area (Å²) in [7, 11) is 0. The number of rotatable bonds is 5. The molecule has 118 valence electrons. The maximum absolute atomic E-state index is 4.77. The Morgan fingerprint density at radius 1 is 1.00 bits per heavy atom. The average molecular weight is 307 g/mol. The van der Waals surface area contributed by atoms with Gasteiger partial charge < -0.3 is 9.84 Å². The molecule has 0 aliphatic heterocycles. The third-order valence-electron chi connectivity index (χ3n) is 3.89. The minimum absolute atomic E-state index is 0.0628. The van der Waals surface area contributed by atoms with E-state index in [1.54, 1.807) is 0 Å². The van der Waals surface area contributed by atoms with Gasteiger partial charge in [-0.1, -0.05) is 58.7 Å². The van der Waals surface area contributed by atoms with Gasteiger partial charge in [0.15, 0.2) is 5.82 Å². The second-order valence-electron chi connectivity index (χ2n) is 5.97. The monoisotopic (exact) mass is 307 g/mol. The molecule has 0 saturated heterocycles. The van der Waals surface area contributed by atoms with Gasteiger partial charge in [0.2, 0.25) is 6.39 Å². The van der Waals surface area contributed by atoms with Gasteiger partial charge in [-0.15, -0.1) is 0 Å². The van der Waals surface area contributed by atoms with Crippen molar-refractivity contribution in [1.82, 2.24) is 15.5 Å². The van der Waals surface area contributed by atoms with Gasteiger partial charge in [0.05, 0.1) is 6.04 Å². The maximum Gasteiger partial charge on any atom is 0.213 e. The van der Waals surface area contributed by atoms with E-state index in [4.69, 9.17) is 4.52 Å². The zero-order chi connectivity index (χ0) is 16.2. The van der Waals surface area contributed by atoms with Crippen molar-refractivity contribution < 1.29 is 4.52 Å². The molecular formula is C19H21N3O. The number of hydrogen-bond acceptors (Lipinski definition) is 4. The number of nitrogens with one attached hydrogen (secondary N) is 1. The van der Waals surface area contributed by atoms with Gasteiger partial charge in [-0.05, 0) is 37.5 Å².